The fourth-order valence-electron chi connectivity index (χ4n) is 2.80. The number of nitrogens with zero attached hydrogens (tertiary/aromatic N) is 1. The first-order chi connectivity index (χ1) is 13.7. The van der Waals surface area contributed by atoms with Gasteiger partial charge in [0.25, 0.3) is 0 Å². The zero-order valence-electron chi connectivity index (χ0n) is 16.9. The molecule has 162 valence electrons. The number of carbonyl (C=O) groups excluding carboxylic acids is 2. The molecule has 0 aromatic heterocycles. The van der Waals surface area contributed by atoms with Crippen molar-refractivity contribution in [2.45, 2.75) is 37.4 Å². The molecular weight excluding hydrogens is 402 g/mol. The summed E-state index contributed by atoms with van der Waals surface area (Å²) in [6.45, 7) is 3.86. The van der Waals surface area contributed by atoms with Crippen LogP contribution in [-0.2, 0) is 24.3 Å². The third-order valence-corrected chi connectivity index (χ3v) is 6.06. The molecule has 1 atom stereocenters. The Balaban J connectivity index is 2.17. The predicted molar refractivity (Wildman–Crippen MR) is 104 cm³/mol. The van der Waals surface area contributed by atoms with Crippen LogP contribution in [0.3, 0.4) is 0 Å². The fourth-order valence-corrected chi connectivity index (χ4v) is 4.38. The van der Waals surface area contributed by atoms with E-state index < -0.39 is 28.1 Å². The third kappa shape index (κ3) is 5.58. The van der Waals surface area contributed by atoms with Gasteiger partial charge < -0.3 is 24.8 Å². The van der Waals surface area contributed by atoms with Crippen molar-refractivity contribution < 1.29 is 32.2 Å². The maximum absolute atomic E-state index is 13.1. The van der Waals surface area contributed by atoms with Crippen LogP contribution in [0.25, 0.3) is 0 Å². The molecule has 0 saturated carbocycles. The van der Waals surface area contributed by atoms with Crippen molar-refractivity contribution in [3.8, 4) is 11.5 Å². The normalized spacial score (nSPS) is 17.6. The second-order valence-corrected chi connectivity index (χ2v) is 8.54. The van der Waals surface area contributed by atoms with E-state index in [0.717, 1.165) is 0 Å². The zero-order chi connectivity index (χ0) is 21.6. The summed E-state index contributed by atoms with van der Waals surface area (Å²) in [4.78, 5) is 23.7. The van der Waals surface area contributed by atoms with Gasteiger partial charge in [0.1, 0.15) is 6.23 Å². The molecule has 10 nitrogen and oxygen atoms in total. The van der Waals surface area contributed by atoms with Crippen LogP contribution in [0.1, 0.15) is 20.3 Å². The van der Waals surface area contributed by atoms with Crippen LogP contribution >= 0.6 is 0 Å². The lowest BCUT2D eigenvalue weighted by atomic mass is 10.3. The van der Waals surface area contributed by atoms with Gasteiger partial charge in [0.15, 0.2) is 11.5 Å². The molecular formula is C18H27N3O7S. The van der Waals surface area contributed by atoms with Crippen molar-refractivity contribution in [2.24, 2.45) is 0 Å². The Bertz CT molecular complexity index is 842. The van der Waals surface area contributed by atoms with E-state index in [4.69, 9.17) is 14.2 Å². The Morgan fingerprint density at radius 1 is 1.21 bits per heavy atom. The molecule has 2 N–H and O–H groups in total. The smallest absolute Gasteiger partial charge is 0.309 e. The van der Waals surface area contributed by atoms with Crippen LogP contribution in [0.2, 0.25) is 0 Å². The summed E-state index contributed by atoms with van der Waals surface area (Å²) in [6, 6.07) is 4.09. The molecule has 0 radical (unpaired) electrons. The van der Waals surface area contributed by atoms with Crippen LogP contribution < -0.4 is 20.1 Å². The van der Waals surface area contributed by atoms with Gasteiger partial charge in [-0.15, -0.1) is 0 Å². The summed E-state index contributed by atoms with van der Waals surface area (Å²) in [5, 5.41) is 4.90. The minimum Gasteiger partial charge on any atom is -0.493 e. The Kier molecular flexibility index (Phi) is 7.82. The van der Waals surface area contributed by atoms with Crippen LogP contribution in [-0.4, -0.2) is 70.7 Å². The van der Waals surface area contributed by atoms with E-state index in [2.05, 4.69) is 10.6 Å². The minimum atomic E-state index is -3.93. The molecule has 1 aromatic carbocycles. The molecule has 1 fully saturated rings. The average Bonchev–Trinajstić information content (AvgIpc) is 2.70. The second kappa shape index (κ2) is 9.90. The highest BCUT2D eigenvalue weighted by molar-refractivity contribution is 7.89. The Labute approximate surface area is 170 Å². The number of carbonyl (C=O) groups is 2. The molecule has 1 aliphatic rings. The molecule has 0 unspecified atom stereocenters. The molecule has 1 aromatic rings. The summed E-state index contributed by atoms with van der Waals surface area (Å²) >= 11 is 0. The number of sulfonamides is 1. The van der Waals surface area contributed by atoms with E-state index >= 15 is 0 Å². The highest BCUT2D eigenvalue weighted by Gasteiger charge is 2.35. The average molecular weight is 429 g/mol. The summed E-state index contributed by atoms with van der Waals surface area (Å²) in [7, 11) is -1.06. The van der Waals surface area contributed by atoms with Crippen LogP contribution in [0.15, 0.2) is 23.1 Å². The lowest BCUT2D eigenvalue weighted by molar-refractivity contribution is -0.140. The molecule has 2 amide bonds. The monoisotopic (exact) mass is 429 g/mol. The first-order valence-corrected chi connectivity index (χ1v) is 10.6. The SMILES string of the molecule is COc1ccc(S(=O)(=O)N2CCCO[C@H]2CNC(=O)C(=O)NC(C)C)cc1OC. The largest absolute Gasteiger partial charge is 0.493 e. The molecule has 0 bridgehead atoms. The molecule has 0 spiro atoms. The lowest BCUT2D eigenvalue weighted by Crippen LogP contribution is -2.53. The first-order valence-electron chi connectivity index (χ1n) is 9.15. The maximum Gasteiger partial charge on any atom is 0.309 e. The van der Waals surface area contributed by atoms with Gasteiger partial charge >= 0.3 is 11.8 Å². The summed E-state index contributed by atoms with van der Waals surface area (Å²) in [5.41, 5.74) is 0. The van der Waals surface area contributed by atoms with E-state index in [1.54, 1.807) is 13.8 Å². The van der Waals surface area contributed by atoms with E-state index in [-0.39, 0.29) is 29.8 Å². The highest BCUT2D eigenvalue weighted by atomic mass is 32.2. The number of methoxy groups -OCH3 is 2. The van der Waals surface area contributed by atoms with E-state index in [0.29, 0.717) is 18.8 Å². The van der Waals surface area contributed by atoms with Gasteiger partial charge in [-0.3, -0.25) is 9.59 Å². The second-order valence-electron chi connectivity index (χ2n) is 6.65. The number of hydrogen-bond acceptors (Lipinski definition) is 7. The number of benzene rings is 1. The Morgan fingerprint density at radius 2 is 1.90 bits per heavy atom. The van der Waals surface area contributed by atoms with Gasteiger partial charge in [0.2, 0.25) is 10.0 Å². The van der Waals surface area contributed by atoms with Gasteiger partial charge in [-0.25, -0.2) is 8.42 Å². The van der Waals surface area contributed by atoms with Crippen molar-refractivity contribution in [3.05, 3.63) is 18.2 Å². The maximum atomic E-state index is 13.1. The molecule has 1 heterocycles. The van der Waals surface area contributed by atoms with Gasteiger partial charge in [-0.1, -0.05) is 0 Å². The number of ether oxygens (including phenoxy) is 3. The quantitative estimate of drug-likeness (QED) is 0.589. The van der Waals surface area contributed by atoms with Crippen LogP contribution in [0.4, 0.5) is 0 Å². The van der Waals surface area contributed by atoms with E-state index in [1.807, 2.05) is 0 Å². The predicted octanol–water partition coefficient (Wildman–Crippen LogP) is 0.0817. The minimum absolute atomic E-state index is 0.00882. The standard InChI is InChI=1S/C18H27N3O7S/c1-12(2)20-18(23)17(22)19-11-16-21(8-5-9-28-16)29(24,25)13-6-7-14(26-3)15(10-13)27-4/h6-7,10,12,16H,5,8-9,11H2,1-4H3,(H,19,22)(H,20,23)/t16-/m0/s1. The van der Waals surface area contributed by atoms with Crippen LogP contribution in [0.5, 0.6) is 11.5 Å². The van der Waals surface area contributed by atoms with Crippen LogP contribution in [0, 0.1) is 0 Å². The van der Waals surface area contributed by atoms with E-state index in [9.17, 15) is 18.0 Å². The number of nitrogens with one attached hydrogen (secondary N) is 2. The van der Waals surface area contributed by atoms with Crippen molar-refractivity contribution in [2.75, 3.05) is 33.9 Å². The van der Waals surface area contributed by atoms with Crippen molar-refractivity contribution >= 4 is 21.8 Å². The summed E-state index contributed by atoms with van der Waals surface area (Å²) in [5.74, 6) is -0.954. The van der Waals surface area contributed by atoms with Gasteiger partial charge in [0, 0.05) is 18.7 Å². The third-order valence-electron chi connectivity index (χ3n) is 4.18. The zero-order valence-corrected chi connectivity index (χ0v) is 17.7. The van der Waals surface area contributed by atoms with Crippen molar-refractivity contribution in [1.82, 2.24) is 14.9 Å². The molecule has 29 heavy (non-hydrogen) atoms. The number of amides is 2. The molecule has 1 aliphatic heterocycles. The molecule has 2 rings (SSSR count). The Hall–Kier alpha value is -2.37. The Morgan fingerprint density at radius 3 is 2.52 bits per heavy atom. The summed E-state index contributed by atoms with van der Waals surface area (Å²) < 4.78 is 43.3. The topological polar surface area (TPSA) is 123 Å². The highest BCUT2D eigenvalue weighted by Crippen LogP contribution is 2.31. The van der Waals surface area contributed by atoms with E-state index in [1.165, 1.54) is 36.7 Å². The summed E-state index contributed by atoms with van der Waals surface area (Å²) in [6.07, 6.45) is -0.428. The van der Waals surface area contributed by atoms with Gasteiger partial charge in [-0.2, -0.15) is 4.31 Å². The fraction of sp³-hybridized carbons (Fsp3) is 0.556. The van der Waals surface area contributed by atoms with Crippen molar-refractivity contribution in [1.29, 1.82) is 0 Å². The first kappa shape index (κ1) is 22.9. The van der Waals surface area contributed by atoms with Gasteiger partial charge in [-0.05, 0) is 32.4 Å². The number of hydrogen-bond donors (Lipinski definition) is 2. The molecule has 1 saturated heterocycles. The number of rotatable bonds is 7. The molecule has 0 aliphatic carbocycles. The van der Waals surface area contributed by atoms with Gasteiger partial charge in [0.05, 0.1) is 32.3 Å². The lowest BCUT2D eigenvalue weighted by Gasteiger charge is -2.34. The molecule has 11 heteroatoms. The van der Waals surface area contributed by atoms with Crippen molar-refractivity contribution in [3.63, 3.8) is 0 Å².